The summed E-state index contributed by atoms with van der Waals surface area (Å²) in [6.07, 6.45) is 2.59. The Bertz CT molecular complexity index is 995. The Kier molecular flexibility index (Phi) is 6.95. The van der Waals surface area contributed by atoms with Crippen molar-refractivity contribution in [2.75, 3.05) is 6.61 Å². The van der Waals surface area contributed by atoms with E-state index in [9.17, 15) is 4.79 Å². The van der Waals surface area contributed by atoms with Gasteiger partial charge >= 0.3 is 0 Å². The molecule has 150 valence electrons. The lowest BCUT2D eigenvalue weighted by Gasteiger charge is -2.11. The first kappa shape index (κ1) is 20.5. The van der Waals surface area contributed by atoms with E-state index in [-0.39, 0.29) is 5.56 Å². The first-order valence-electron chi connectivity index (χ1n) is 10.0. The summed E-state index contributed by atoms with van der Waals surface area (Å²) >= 11 is 0. The SMILES string of the molecule is CC[C@@H](C)C(=N)CCCOc1ccc(-n2nc(-c3ccccc3)ccc2=O)cc1. The molecule has 1 aromatic heterocycles. The van der Waals surface area contributed by atoms with Crippen LogP contribution in [-0.4, -0.2) is 22.1 Å². The molecule has 5 heteroatoms. The largest absolute Gasteiger partial charge is 0.494 e. The van der Waals surface area contributed by atoms with Gasteiger partial charge in [-0.2, -0.15) is 9.78 Å². The second-order valence-electron chi connectivity index (χ2n) is 7.12. The molecule has 1 atom stereocenters. The zero-order chi connectivity index (χ0) is 20.6. The second kappa shape index (κ2) is 9.82. The molecule has 0 unspecified atom stereocenters. The minimum atomic E-state index is -0.179. The molecule has 0 amide bonds. The van der Waals surface area contributed by atoms with E-state index in [0.717, 1.165) is 42.0 Å². The Labute approximate surface area is 171 Å². The first-order chi connectivity index (χ1) is 14.1. The molecule has 3 rings (SSSR count). The van der Waals surface area contributed by atoms with Crippen LogP contribution in [0.4, 0.5) is 0 Å². The summed E-state index contributed by atoms with van der Waals surface area (Å²) in [4.78, 5) is 12.3. The number of rotatable bonds is 9. The highest BCUT2D eigenvalue weighted by Gasteiger charge is 2.07. The molecule has 0 aliphatic rings. The zero-order valence-corrected chi connectivity index (χ0v) is 17.0. The molecule has 0 saturated carbocycles. The minimum absolute atomic E-state index is 0.179. The maximum absolute atomic E-state index is 12.3. The van der Waals surface area contributed by atoms with Gasteiger partial charge in [0.1, 0.15) is 5.75 Å². The van der Waals surface area contributed by atoms with Gasteiger partial charge in [0.2, 0.25) is 0 Å². The summed E-state index contributed by atoms with van der Waals surface area (Å²) in [5.41, 5.74) is 3.01. The molecule has 1 N–H and O–H groups in total. The van der Waals surface area contributed by atoms with Crippen LogP contribution in [0, 0.1) is 11.3 Å². The van der Waals surface area contributed by atoms with Crippen molar-refractivity contribution in [3.63, 3.8) is 0 Å². The molecule has 0 spiro atoms. The molecular formula is C24H27N3O2. The lowest BCUT2D eigenvalue weighted by molar-refractivity contribution is 0.313. The van der Waals surface area contributed by atoms with E-state index in [1.54, 1.807) is 6.07 Å². The van der Waals surface area contributed by atoms with Gasteiger partial charge in [0.25, 0.3) is 5.56 Å². The van der Waals surface area contributed by atoms with Gasteiger partial charge in [-0.1, -0.05) is 44.2 Å². The second-order valence-corrected chi connectivity index (χ2v) is 7.12. The van der Waals surface area contributed by atoms with Crippen LogP contribution in [0.15, 0.2) is 71.5 Å². The summed E-state index contributed by atoms with van der Waals surface area (Å²) in [5, 5.41) is 12.5. The third-order valence-electron chi connectivity index (χ3n) is 5.02. The van der Waals surface area contributed by atoms with E-state index < -0.39 is 0 Å². The topological polar surface area (TPSA) is 68.0 Å². The number of aromatic nitrogens is 2. The summed E-state index contributed by atoms with van der Waals surface area (Å²) in [6, 6.07) is 20.4. The van der Waals surface area contributed by atoms with Gasteiger partial charge in [0, 0.05) is 17.3 Å². The molecule has 2 aromatic carbocycles. The van der Waals surface area contributed by atoms with Crippen molar-refractivity contribution in [1.82, 2.24) is 9.78 Å². The fourth-order valence-electron chi connectivity index (χ4n) is 2.99. The number of ether oxygens (including phenoxy) is 1. The average molecular weight is 389 g/mol. The quantitative estimate of drug-likeness (QED) is 0.408. The van der Waals surface area contributed by atoms with E-state index in [1.165, 1.54) is 10.7 Å². The molecular weight excluding hydrogens is 362 g/mol. The minimum Gasteiger partial charge on any atom is -0.494 e. The lowest BCUT2D eigenvalue weighted by Crippen LogP contribution is -2.20. The Hall–Kier alpha value is -3.21. The van der Waals surface area contributed by atoms with Crippen LogP contribution in [0.1, 0.15) is 33.1 Å². The number of hydrogen-bond acceptors (Lipinski definition) is 4. The van der Waals surface area contributed by atoms with E-state index in [2.05, 4.69) is 18.9 Å². The Balaban J connectivity index is 1.64. The Morgan fingerprint density at radius 1 is 1.07 bits per heavy atom. The molecule has 3 aromatic rings. The van der Waals surface area contributed by atoms with E-state index >= 15 is 0 Å². The number of benzene rings is 2. The summed E-state index contributed by atoms with van der Waals surface area (Å²) in [7, 11) is 0. The fraction of sp³-hybridized carbons (Fsp3) is 0.292. The molecule has 0 radical (unpaired) electrons. The van der Waals surface area contributed by atoms with Crippen LogP contribution in [0.25, 0.3) is 16.9 Å². The van der Waals surface area contributed by atoms with Crippen LogP contribution < -0.4 is 10.3 Å². The Morgan fingerprint density at radius 3 is 2.48 bits per heavy atom. The molecule has 0 fully saturated rings. The van der Waals surface area contributed by atoms with Gasteiger partial charge in [-0.15, -0.1) is 0 Å². The highest BCUT2D eigenvalue weighted by molar-refractivity contribution is 5.83. The van der Waals surface area contributed by atoms with Gasteiger partial charge in [-0.3, -0.25) is 4.79 Å². The van der Waals surface area contributed by atoms with Crippen LogP contribution in [0.3, 0.4) is 0 Å². The Morgan fingerprint density at radius 2 is 1.79 bits per heavy atom. The maximum Gasteiger partial charge on any atom is 0.271 e. The van der Waals surface area contributed by atoms with Gasteiger partial charge in [-0.25, -0.2) is 0 Å². The maximum atomic E-state index is 12.3. The molecule has 5 nitrogen and oxygen atoms in total. The van der Waals surface area contributed by atoms with Crippen molar-refractivity contribution in [3.8, 4) is 22.7 Å². The third-order valence-corrected chi connectivity index (χ3v) is 5.02. The number of nitrogens with zero attached hydrogens (tertiary/aromatic N) is 2. The van der Waals surface area contributed by atoms with Crippen LogP contribution >= 0.6 is 0 Å². The molecule has 1 heterocycles. The fourth-order valence-corrected chi connectivity index (χ4v) is 2.99. The van der Waals surface area contributed by atoms with Gasteiger partial charge in [0.15, 0.2) is 0 Å². The van der Waals surface area contributed by atoms with Crippen molar-refractivity contribution in [2.45, 2.75) is 33.1 Å². The van der Waals surface area contributed by atoms with E-state index in [0.29, 0.717) is 18.2 Å². The van der Waals surface area contributed by atoms with Crippen molar-refractivity contribution in [3.05, 3.63) is 77.1 Å². The van der Waals surface area contributed by atoms with Crippen molar-refractivity contribution < 1.29 is 4.74 Å². The molecule has 29 heavy (non-hydrogen) atoms. The van der Waals surface area contributed by atoms with E-state index in [1.807, 2.05) is 54.6 Å². The predicted octanol–water partition coefficient (Wildman–Crippen LogP) is 5.12. The highest BCUT2D eigenvalue weighted by atomic mass is 16.5. The van der Waals surface area contributed by atoms with Crippen molar-refractivity contribution >= 4 is 5.71 Å². The van der Waals surface area contributed by atoms with Crippen LogP contribution in [0.2, 0.25) is 0 Å². The molecule has 0 aliphatic heterocycles. The molecule has 0 saturated heterocycles. The normalized spacial score (nSPS) is 11.8. The predicted molar refractivity (Wildman–Crippen MR) is 117 cm³/mol. The summed E-state index contributed by atoms with van der Waals surface area (Å²) in [6.45, 7) is 4.76. The van der Waals surface area contributed by atoms with Crippen LogP contribution in [-0.2, 0) is 0 Å². The standard InChI is InChI=1S/C24H27N3O2/c1-3-18(2)22(25)10-7-17-29-21-13-11-20(12-14-21)27-24(28)16-15-23(26-27)19-8-5-4-6-9-19/h4-6,8-9,11-16,18,25H,3,7,10,17H2,1-2H3/t18-/m1/s1. The summed E-state index contributed by atoms with van der Waals surface area (Å²) in [5.74, 6) is 1.09. The lowest BCUT2D eigenvalue weighted by atomic mass is 9.99. The zero-order valence-electron chi connectivity index (χ0n) is 17.0. The van der Waals surface area contributed by atoms with Crippen molar-refractivity contribution in [2.24, 2.45) is 5.92 Å². The summed E-state index contributed by atoms with van der Waals surface area (Å²) < 4.78 is 7.18. The van der Waals surface area contributed by atoms with E-state index in [4.69, 9.17) is 10.1 Å². The van der Waals surface area contributed by atoms with Gasteiger partial charge in [-0.05, 0) is 55.5 Å². The molecule has 0 bridgehead atoms. The monoisotopic (exact) mass is 389 g/mol. The van der Waals surface area contributed by atoms with Gasteiger partial charge in [0.05, 0.1) is 18.0 Å². The number of nitrogens with one attached hydrogen (secondary N) is 1. The van der Waals surface area contributed by atoms with Crippen LogP contribution in [0.5, 0.6) is 5.75 Å². The van der Waals surface area contributed by atoms with Crippen molar-refractivity contribution in [1.29, 1.82) is 5.41 Å². The third kappa shape index (κ3) is 5.41. The van der Waals surface area contributed by atoms with Gasteiger partial charge < -0.3 is 10.1 Å². The highest BCUT2D eigenvalue weighted by Crippen LogP contribution is 2.18. The average Bonchev–Trinajstić information content (AvgIpc) is 2.77. The first-order valence-corrected chi connectivity index (χ1v) is 10.0. The number of hydrogen-bond donors (Lipinski definition) is 1. The smallest absolute Gasteiger partial charge is 0.271 e. The molecule has 0 aliphatic carbocycles.